The van der Waals surface area contributed by atoms with Crippen LogP contribution in [0, 0.1) is 0 Å². The summed E-state index contributed by atoms with van der Waals surface area (Å²) >= 11 is 0. The number of methoxy groups -OCH3 is 2. The maximum atomic E-state index is 5.53. The second-order valence-corrected chi connectivity index (χ2v) is 8.22. The number of aliphatic imine (C=N–C) groups is 1. The molecule has 1 fully saturated rings. The van der Waals surface area contributed by atoms with Crippen molar-refractivity contribution in [3.05, 3.63) is 35.5 Å². The number of piperazine rings is 1. The van der Waals surface area contributed by atoms with Gasteiger partial charge in [0.25, 0.3) is 0 Å². The van der Waals surface area contributed by atoms with E-state index in [4.69, 9.17) is 14.0 Å². The molecule has 1 aliphatic rings. The van der Waals surface area contributed by atoms with Crippen molar-refractivity contribution in [1.82, 2.24) is 25.3 Å². The Kier molecular flexibility index (Phi) is 11.2. The van der Waals surface area contributed by atoms with Crippen LogP contribution in [0.3, 0.4) is 0 Å². The minimum absolute atomic E-state index is 0. The Morgan fingerprint density at radius 2 is 1.94 bits per heavy atom. The molecule has 1 aliphatic heterocycles. The summed E-state index contributed by atoms with van der Waals surface area (Å²) in [6.07, 6.45) is 1.67. The number of ether oxygens (including phenoxy) is 2. The van der Waals surface area contributed by atoms with Crippen molar-refractivity contribution in [2.45, 2.75) is 39.2 Å². The zero-order chi connectivity index (χ0) is 22.9. The number of nitrogens with one attached hydrogen (secondary N) is 1. The number of aryl methyl sites for hydroxylation is 1. The maximum absolute atomic E-state index is 5.53. The molecule has 3 rings (SSSR count). The molecular weight excluding hydrogens is 535 g/mol. The number of hydrogen-bond acceptors (Lipinski definition) is 7. The highest BCUT2D eigenvalue weighted by Gasteiger charge is 2.21. The first-order valence-electron chi connectivity index (χ1n) is 11.2. The van der Waals surface area contributed by atoms with Crippen molar-refractivity contribution >= 4 is 29.9 Å². The quantitative estimate of drug-likeness (QED) is 0.212. The first-order chi connectivity index (χ1) is 15.5. The topological polar surface area (TPSA) is 88.2 Å². The number of aromatic nitrogens is 2. The van der Waals surface area contributed by atoms with E-state index >= 15 is 0 Å². The summed E-state index contributed by atoms with van der Waals surface area (Å²) in [5, 5.41) is 7.49. The second-order valence-electron chi connectivity index (χ2n) is 8.22. The molecule has 9 nitrogen and oxygen atoms in total. The Hall–Kier alpha value is -2.08. The van der Waals surface area contributed by atoms with E-state index in [9.17, 15) is 0 Å². The zero-order valence-corrected chi connectivity index (χ0v) is 22.7. The van der Waals surface area contributed by atoms with Crippen LogP contribution >= 0.6 is 24.0 Å². The lowest BCUT2D eigenvalue weighted by atomic mass is 10.1. The van der Waals surface area contributed by atoms with Gasteiger partial charge in [-0.2, -0.15) is 4.98 Å². The summed E-state index contributed by atoms with van der Waals surface area (Å²) in [6, 6.07) is 5.95. The predicted molar refractivity (Wildman–Crippen MR) is 140 cm³/mol. The molecule has 184 valence electrons. The highest BCUT2D eigenvalue weighted by Crippen LogP contribution is 2.25. The lowest BCUT2D eigenvalue weighted by molar-refractivity contribution is 0.171. The normalized spacial score (nSPS) is 14.8. The first kappa shape index (κ1) is 27.2. The minimum Gasteiger partial charge on any atom is -0.497 e. The van der Waals surface area contributed by atoms with Crippen LogP contribution in [0.2, 0.25) is 0 Å². The predicted octanol–water partition coefficient (Wildman–Crippen LogP) is 3.15. The van der Waals surface area contributed by atoms with Gasteiger partial charge in [0, 0.05) is 64.2 Å². The van der Waals surface area contributed by atoms with E-state index in [1.54, 1.807) is 14.2 Å². The maximum Gasteiger partial charge on any atom is 0.226 e. The molecule has 0 radical (unpaired) electrons. The van der Waals surface area contributed by atoms with Crippen molar-refractivity contribution in [3.63, 3.8) is 0 Å². The standard InChI is InChI=1S/C23H36N6O3.HI/c1-17(2)22-26-21(32-27-22)7-6-10-25-23(24-3)29-13-11-28(12-14-29)16-18-15-19(30-4)8-9-20(18)31-5;/h8-9,15,17H,6-7,10-14,16H2,1-5H3,(H,24,25);1H. The molecule has 1 saturated heterocycles. The molecule has 0 amide bonds. The largest absolute Gasteiger partial charge is 0.497 e. The number of rotatable bonds is 9. The van der Waals surface area contributed by atoms with E-state index in [0.29, 0.717) is 5.89 Å². The molecule has 0 spiro atoms. The van der Waals surface area contributed by atoms with Crippen LogP contribution in [0.4, 0.5) is 0 Å². The van der Waals surface area contributed by atoms with E-state index in [1.165, 1.54) is 0 Å². The van der Waals surface area contributed by atoms with Gasteiger partial charge in [0.15, 0.2) is 11.8 Å². The Balaban J connectivity index is 0.00000385. The average molecular weight is 572 g/mol. The van der Waals surface area contributed by atoms with E-state index in [2.05, 4.69) is 50.2 Å². The molecule has 1 aromatic carbocycles. The van der Waals surface area contributed by atoms with Crippen molar-refractivity contribution in [2.24, 2.45) is 4.99 Å². The molecule has 10 heteroatoms. The Labute approximate surface area is 213 Å². The molecule has 0 aliphatic carbocycles. The minimum atomic E-state index is 0. The highest BCUT2D eigenvalue weighted by molar-refractivity contribution is 14.0. The van der Waals surface area contributed by atoms with Crippen LogP contribution < -0.4 is 14.8 Å². The molecule has 2 heterocycles. The summed E-state index contributed by atoms with van der Waals surface area (Å²) in [7, 11) is 5.23. The van der Waals surface area contributed by atoms with Gasteiger partial charge in [-0.1, -0.05) is 19.0 Å². The van der Waals surface area contributed by atoms with Gasteiger partial charge in [-0.25, -0.2) is 0 Å². The molecule has 0 saturated carbocycles. The summed E-state index contributed by atoms with van der Waals surface area (Å²) in [5.74, 6) is 4.45. The third-order valence-electron chi connectivity index (χ3n) is 5.62. The SMILES string of the molecule is CN=C(NCCCc1nc(C(C)C)no1)N1CCN(Cc2cc(OC)ccc2OC)CC1.I. The second kappa shape index (κ2) is 13.6. The van der Waals surface area contributed by atoms with Crippen LogP contribution in [-0.4, -0.2) is 79.9 Å². The van der Waals surface area contributed by atoms with Crippen molar-refractivity contribution in [3.8, 4) is 11.5 Å². The number of halogens is 1. The van der Waals surface area contributed by atoms with Gasteiger partial charge in [-0.15, -0.1) is 24.0 Å². The van der Waals surface area contributed by atoms with E-state index < -0.39 is 0 Å². The summed E-state index contributed by atoms with van der Waals surface area (Å²) < 4.78 is 16.2. The monoisotopic (exact) mass is 572 g/mol. The third-order valence-corrected chi connectivity index (χ3v) is 5.62. The van der Waals surface area contributed by atoms with Crippen LogP contribution in [0.15, 0.2) is 27.7 Å². The Morgan fingerprint density at radius 3 is 2.55 bits per heavy atom. The first-order valence-corrected chi connectivity index (χ1v) is 11.2. The average Bonchev–Trinajstić information content (AvgIpc) is 3.29. The Bertz CT molecular complexity index is 881. The zero-order valence-electron chi connectivity index (χ0n) is 20.3. The molecule has 0 atom stereocenters. The van der Waals surface area contributed by atoms with E-state index in [1.807, 2.05) is 19.2 Å². The van der Waals surface area contributed by atoms with Gasteiger partial charge >= 0.3 is 0 Å². The number of benzene rings is 1. The van der Waals surface area contributed by atoms with Crippen molar-refractivity contribution < 1.29 is 14.0 Å². The van der Waals surface area contributed by atoms with Gasteiger partial charge in [0.2, 0.25) is 5.89 Å². The molecular formula is C23H37IN6O3. The Morgan fingerprint density at radius 1 is 1.18 bits per heavy atom. The van der Waals surface area contributed by atoms with Crippen molar-refractivity contribution in [1.29, 1.82) is 0 Å². The number of hydrogen-bond donors (Lipinski definition) is 1. The van der Waals surface area contributed by atoms with Crippen LogP contribution in [0.5, 0.6) is 11.5 Å². The van der Waals surface area contributed by atoms with Gasteiger partial charge in [-0.3, -0.25) is 9.89 Å². The van der Waals surface area contributed by atoms with Gasteiger partial charge < -0.3 is 24.2 Å². The summed E-state index contributed by atoms with van der Waals surface area (Å²) in [4.78, 5) is 13.6. The fraction of sp³-hybridized carbons (Fsp3) is 0.609. The molecule has 0 bridgehead atoms. The molecule has 2 aromatic rings. The fourth-order valence-electron chi connectivity index (χ4n) is 3.74. The van der Waals surface area contributed by atoms with Gasteiger partial charge in [0.1, 0.15) is 11.5 Å². The third kappa shape index (κ3) is 7.73. The van der Waals surface area contributed by atoms with E-state index in [0.717, 1.165) is 81.0 Å². The number of guanidine groups is 1. The smallest absolute Gasteiger partial charge is 0.226 e. The summed E-state index contributed by atoms with van der Waals surface area (Å²) in [5.41, 5.74) is 1.14. The fourth-order valence-corrected chi connectivity index (χ4v) is 3.74. The van der Waals surface area contributed by atoms with Crippen LogP contribution in [0.25, 0.3) is 0 Å². The van der Waals surface area contributed by atoms with Gasteiger partial charge in [-0.05, 0) is 24.6 Å². The molecule has 0 unspecified atom stereocenters. The lowest BCUT2D eigenvalue weighted by Crippen LogP contribution is -2.52. The highest BCUT2D eigenvalue weighted by atomic mass is 127. The van der Waals surface area contributed by atoms with Crippen molar-refractivity contribution in [2.75, 3.05) is 54.0 Å². The number of nitrogens with zero attached hydrogens (tertiary/aromatic N) is 5. The van der Waals surface area contributed by atoms with Crippen LogP contribution in [0.1, 0.15) is 43.5 Å². The lowest BCUT2D eigenvalue weighted by Gasteiger charge is -2.36. The molecule has 1 N–H and O–H groups in total. The van der Waals surface area contributed by atoms with Gasteiger partial charge in [0.05, 0.1) is 14.2 Å². The van der Waals surface area contributed by atoms with Crippen LogP contribution in [-0.2, 0) is 13.0 Å². The van der Waals surface area contributed by atoms with E-state index in [-0.39, 0.29) is 29.9 Å². The molecule has 1 aromatic heterocycles. The summed E-state index contributed by atoms with van der Waals surface area (Å²) in [6.45, 7) is 9.54. The molecule has 33 heavy (non-hydrogen) atoms.